The van der Waals surface area contributed by atoms with Gasteiger partial charge in [0.15, 0.2) is 0 Å². The first-order valence-electron chi connectivity index (χ1n) is 5.60. The van der Waals surface area contributed by atoms with Crippen LogP contribution in [0, 0.1) is 0 Å². The van der Waals surface area contributed by atoms with Crippen molar-refractivity contribution in [3.8, 4) is 0 Å². The second-order valence-electron chi connectivity index (χ2n) is 4.15. The molecule has 3 rings (SSSR count). The number of hydrogen-bond donors (Lipinski definition) is 0. The van der Waals surface area contributed by atoms with Crippen LogP contribution in [0.1, 0.15) is 0 Å². The van der Waals surface area contributed by atoms with E-state index in [1.54, 1.807) is 10.6 Å². The summed E-state index contributed by atoms with van der Waals surface area (Å²) in [6, 6.07) is 0. The van der Waals surface area contributed by atoms with Crippen LogP contribution < -0.4 is 0 Å². The van der Waals surface area contributed by atoms with E-state index in [0.29, 0.717) is 0 Å². The molecule has 3 aliphatic rings. The molecule has 3 fully saturated rings. The molecule has 0 aromatic heterocycles. The molecule has 0 aliphatic carbocycles. The summed E-state index contributed by atoms with van der Waals surface area (Å²) in [4.78, 5) is 0. The van der Waals surface area contributed by atoms with E-state index in [1.165, 1.54) is 23.0 Å². The third-order valence-corrected chi connectivity index (χ3v) is 17.9. The van der Waals surface area contributed by atoms with Gasteiger partial charge in [-0.1, -0.05) is 0 Å². The van der Waals surface area contributed by atoms with Crippen molar-refractivity contribution in [3.63, 3.8) is 0 Å². The van der Waals surface area contributed by atoms with Gasteiger partial charge < -0.3 is 0 Å². The maximum atomic E-state index is 2.33. The summed E-state index contributed by atoms with van der Waals surface area (Å²) in [7, 11) is 0. The zero-order valence-electron chi connectivity index (χ0n) is 9.00. The molecule has 2 atom stereocenters. The summed E-state index contributed by atoms with van der Waals surface area (Å²) >= 11 is 10.9. The average molecular weight is 422 g/mol. The Labute approximate surface area is 128 Å². The molecule has 0 amide bonds. The predicted octanol–water partition coefficient (Wildman–Crippen LogP) is 2.59. The molecule has 0 saturated carbocycles. The van der Waals surface area contributed by atoms with E-state index in [4.69, 9.17) is 0 Å². The van der Waals surface area contributed by atoms with Gasteiger partial charge in [0.2, 0.25) is 0 Å². The van der Waals surface area contributed by atoms with E-state index < -0.39 is 0 Å². The molecule has 3 aliphatic heterocycles. The molecule has 3 saturated heterocycles. The number of rotatable bonds is 6. The fraction of sp³-hybridized carbons (Fsp3) is 1.00. The zero-order valence-corrected chi connectivity index (χ0v) is 15.7. The topological polar surface area (TPSA) is 0 Å². The van der Waals surface area contributed by atoms with E-state index in [0.717, 1.165) is 48.7 Å². The summed E-state index contributed by atoms with van der Waals surface area (Å²) in [5, 5.41) is 6.31. The second-order valence-corrected chi connectivity index (χ2v) is 16.9. The van der Waals surface area contributed by atoms with Gasteiger partial charge in [-0.05, 0) is 0 Å². The molecule has 0 radical (unpaired) electrons. The van der Waals surface area contributed by atoms with Crippen molar-refractivity contribution in [1.29, 1.82) is 0 Å². The molecule has 2 unspecified atom stereocenters. The Hall–Kier alpha value is 2.44. The van der Waals surface area contributed by atoms with E-state index in [9.17, 15) is 0 Å². The van der Waals surface area contributed by atoms with Crippen molar-refractivity contribution in [3.05, 3.63) is 0 Å². The van der Waals surface area contributed by atoms with Crippen molar-refractivity contribution in [1.82, 2.24) is 0 Å². The van der Waals surface area contributed by atoms with Crippen LogP contribution in [-0.2, 0) is 0 Å². The van der Waals surface area contributed by atoms with Gasteiger partial charge in [-0.3, -0.25) is 0 Å². The maximum absolute atomic E-state index is 2.33. The van der Waals surface area contributed by atoms with Crippen LogP contribution in [0.2, 0.25) is 10.6 Å². The molecule has 0 bridgehead atoms. The first kappa shape index (κ1) is 13.4. The molecular weight excluding hydrogens is 406 g/mol. The minimum absolute atomic E-state index is 0.969. The molecule has 16 heavy (non-hydrogen) atoms. The molecule has 3 heterocycles. The Morgan fingerprint density at radius 2 is 1.50 bits per heavy atom. The molecule has 0 nitrogen and oxygen atoms in total. The summed E-state index contributed by atoms with van der Waals surface area (Å²) in [6.07, 6.45) is 0. The molecule has 0 N–H and O–H groups in total. The first-order valence-corrected chi connectivity index (χ1v) is 14.2. The van der Waals surface area contributed by atoms with Crippen molar-refractivity contribution < 1.29 is 0 Å². The fourth-order valence-corrected chi connectivity index (χ4v) is 15.8. The number of thioether (sulfide) groups is 4. The monoisotopic (exact) mass is 424 g/mol. The van der Waals surface area contributed by atoms with E-state index in [2.05, 4.69) is 47.0 Å². The third-order valence-electron chi connectivity index (χ3n) is 2.58. The van der Waals surface area contributed by atoms with Gasteiger partial charge in [0.1, 0.15) is 0 Å². The molecule has 0 aromatic carbocycles. The summed E-state index contributed by atoms with van der Waals surface area (Å²) in [5.41, 5.74) is 0. The Bertz CT molecular complexity index is 201. The first-order chi connectivity index (χ1) is 7.90. The van der Waals surface area contributed by atoms with E-state index in [-0.39, 0.29) is 0 Å². The van der Waals surface area contributed by atoms with E-state index >= 15 is 0 Å². The minimum atomic E-state index is 0.969. The second kappa shape index (κ2) is 6.74. The Kier molecular flexibility index (Phi) is 5.66. The Balaban J connectivity index is 1.28. The van der Waals surface area contributed by atoms with E-state index in [1.807, 2.05) is 0 Å². The van der Waals surface area contributed by atoms with Crippen molar-refractivity contribution in [2.24, 2.45) is 0 Å². The van der Waals surface area contributed by atoms with Gasteiger partial charge in [0.25, 0.3) is 0 Å². The van der Waals surface area contributed by atoms with Crippen LogP contribution in [0.5, 0.6) is 0 Å². The van der Waals surface area contributed by atoms with Crippen LogP contribution in [0.3, 0.4) is 0 Å². The molecule has 0 spiro atoms. The summed E-state index contributed by atoms with van der Waals surface area (Å²) in [5.74, 6) is 5.83. The predicted molar refractivity (Wildman–Crippen MR) is 86.1 cm³/mol. The van der Waals surface area contributed by atoms with Gasteiger partial charge in [0, 0.05) is 0 Å². The quantitative estimate of drug-likeness (QED) is 0.477. The summed E-state index contributed by atoms with van der Waals surface area (Å²) in [6.45, 7) is 0. The molecule has 6 heteroatoms. The molecule has 0 aromatic rings. The van der Waals surface area contributed by atoms with Crippen molar-refractivity contribution in [2.45, 2.75) is 29.4 Å². The molecular formula is C10H16S4Se2. The van der Waals surface area contributed by atoms with Gasteiger partial charge in [-0.25, -0.2) is 0 Å². The van der Waals surface area contributed by atoms with Crippen LogP contribution >= 0.6 is 47.0 Å². The van der Waals surface area contributed by atoms with Gasteiger partial charge in [-0.15, -0.1) is 0 Å². The average Bonchev–Trinajstić information content (AvgIpc) is 3.17. The molecule has 92 valence electrons. The Morgan fingerprint density at radius 3 is 2.06 bits per heavy atom. The van der Waals surface area contributed by atoms with Crippen LogP contribution in [0.15, 0.2) is 0 Å². The SMILES string of the molecule is C1SC1CSC1C[Se]C(SCC2CS2)[Se]C1. The Morgan fingerprint density at radius 1 is 0.938 bits per heavy atom. The van der Waals surface area contributed by atoms with Gasteiger partial charge in [-0.2, -0.15) is 0 Å². The van der Waals surface area contributed by atoms with Crippen molar-refractivity contribution >= 4 is 77.0 Å². The van der Waals surface area contributed by atoms with Crippen LogP contribution in [0.4, 0.5) is 0 Å². The van der Waals surface area contributed by atoms with Crippen LogP contribution in [0.25, 0.3) is 0 Å². The normalized spacial score (nSPS) is 42.0. The standard InChI is InChI=1S/C10H16S4Se2/c1-7(11-1)3-13-9-5-15-10(16-6-9)14-4-8-2-12-8/h7-10H,1-6H2. The van der Waals surface area contributed by atoms with Gasteiger partial charge in [0.05, 0.1) is 0 Å². The zero-order chi connectivity index (χ0) is 10.8. The fourth-order valence-electron chi connectivity index (χ4n) is 1.42. The van der Waals surface area contributed by atoms with Crippen molar-refractivity contribution in [2.75, 3.05) is 23.0 Å². The van der Waals surface area contributed by atoms with Crippen LogP contribution in [-0.4, -0.2) is 71.7 Å². The van der Waals surface area contributed by atoms with Gasteiger partial charge >= 0.3 is 129 Å². The summed E-state index contributed by atoms with van der Waals surface area (Å²) < 4.78 is 1.13. The number of hydrogen-bond acceptors (Lipinski definition) is 4. The third kappa shape index (κ3) is 4.84.